The molecule has 2 aromatic carbocycles. The molecule has 1 heterocycles. The van der Waals surface area contributed by atoms with E-state index in [4.69, 9.17) is 9.47 Å². The lowest BCUT2D eigenvalue weighted by atomic mass is 10.2. The molecule has 0 amide bonds. The molecule has 0 atom stereocenters. The number of rotatable bonds is 1. The van der Waals surface area contributed by atoms with Crippen molar-refractivity contribution in [2.24, 2.45) is 0 Å². The summed E-state index contributed by atoms with van der Waals surface area (Å²) in [7, 11) is 0. The summed E-state index contributed by atoms with van der Waals surface area (Å²) >= 11 is 0. The van der Waals surface area contributed by atoms with Crippen LogP contribution in [0.5, 0.6) is 11.5 Å². The van der Waals surface area contributed by atoms with Crippen molar-refractivity contribution >= 4 is 0 Å². The van der Waals surface area contributed by atoms with E-state index in [9.17, 15) is 0 Å². The number of para-hydroxylation sites is 2. The Morgan fingerprint density at radius 1 is 0.652 bits per heavy atom. The van der Waals surface area contributed by atoms with Gasteiger partial charge in [-0.1, -0.05) is 90.9 Å². The minimum absolute atomic E-state index is 0.360. The second-order valence-electron chi connectivity index (χ2n) is 3.69. The first-order valence-electron chi connectivity index (χ1n) is 8.78. The zero-order valence-electron chi connectivity index (χ0n) is 15.9. The molecule has 3 rings (SSSR count). The Kier molecular flexibility index (Phi) is 18.3. The molecule has 2 heteroatoms. The Morgan fingerprint density at radius 3 is 1.39 bits per heavy atom. The van der Waals surface area contributed by atoms with Crippen molar-refractivity contribution < 1.29 is 9.47 Å². The van der Waals surface area contributed by atoms with Crippen LogP contribution in [0.4, 0.5) is 0 Å². The first-order valence-corrected chi connectivity index (χ1v) is 8.78. The maximum atomic E-state index is 5.08. The van der Waals surface area contributed by atoms with Crippen LogP contribution in [0, 0.1) is 0 Å². The van der Waals surface area contributed by atoms with Gasteiger partial charge >= 0.3 is 0 Å². The molecule has 0 spiro atoms. The summed E-state index contributed by atoms with van der Waals surface area (Å²) in [4.78, 5) is 0. The third kappa shape index (κ3) is 10.4. The largest absolute Gasteiger partial charge is 0.454 e. The molecule has 0 bridgehead atoms. The molecule has 0 saturated heterocycles. The monoisotopic (exact) mass is 318 g/mol. The lowest BCUT2D eigenvalue weighted by Crippen LogP contribution is -1.92. The highest BCUT2D eigenvalue weighted by molar-refractivity contribution is 5.40. The van der Waals surface area contributed by atoms with E-state index in [0.717, 1.165) is 17.9 Å². The average molecular weight is 319 g/mol. The number of benzene rings is 2. The quantitative estimate of drug-likeness (QED) is 0.579. The standard InChI is InChI=1S/C8H10.C7H6O2.3C2H6/c1-2-8-6-4-3-5-7-8;1-2-4-7-6(3-1)8-5-9-7;3*1-2/h3-7H,2H2,1H3;1-4H,5H2;3*1-2H3. The normalized spacial score (nSPS) is 9.35. The molecule has 1 aliphatic heterocycles. The molecule has 0 N–H and O–H groups in total. The Bertz CT molecular complexity index is 429. The number of fused-ring (bicyclic) bond motifs is 1. The van der Waals surface area contributed by atoms with Crippen LogP contribution in [-0.2, 0) is 6.42 Å². The van der Waals surface area contributed by atoms with Crippen molar-refractivity contribution in [1.82, 2.24) is 0 Å². The highest BCUT2D eigenvalue weighted by atomic mass is 16.7. The fraction of sp³-hybridized carbons (Fsp3) is 0.429. The maximum absolute atomic E-state index is 5.08. The van der Waals surface area contributed by atoms with Crippen LogP contribution in [0.3, 0.4) is 0 Å². The molecule has 2 aromatic rings. The number of aryl methyl sites for hydroxylation is 1. The van der Waals surface area contributed by atoms with E-state index >= 15 is 0 Å². The third-order valence-corrected chi connectivity index (χ3v) is 2.53. The van der Waals surface area contributed by atoms with Gasteiger partial charge in [0.15, 0.2) is 11.5 Å². The van der Waals surface area contributed by atoms with Crippen molar-refractivity contribution in [3.63, 3.8) is 0 Å². The van der Waals surface area contributed by atoms with Gasteiger partial charge in [-0.15, -0.1) is 0 Å². The summed E-state index contributed by atoms with van der Waals surface area (Å²) in [6.07, 6.45) is 1.14. The van der Waals surface area contributed by atoms with Crippen molar-refractivity contribution in [2.45, 2.75) is 54.9 Å². The highest BCUT2D eigenvalue weighted by Crippen LogP contribution is 2.30. The molecule has 2 nitrogen and oxygen atoms in total. The zero-order chi connectivity index (χ0) is 17.9. The van der Waals surface area contributed by atoms with Crippen LogP contribution in [0.1, 0.15) is 54.0 Å². The van der Waals surface area contributed by atoms with Gasteiger partial charge in [-0.2, -0.15) is 0 Å². The van der Waals surface area contributed by atoms with Crippen LogP contribution in [0.15, 0.2) is 54.6 Å². The molecular weight excluding hydrogens is 284 g/mol. The molecule has 1 aliphatic rings. The summed E-state index contributed by atoms with van der Waals surface area (Å²) in [5.74, 6) is 1.69. The molecule has 0 aliphatic carbocycles. The molecule has 0 fully saturated rings. The fourth-order valence-corrected chi connectivity index (χ4v) is 1.56. The zero-order valence-corrected chi connectivity index (χ0v) is 15.9. The van der Waals surface area contributed by atoms with Gasteiger partial charge in [0.2, 0.25) is 6.79 Å². The fourth-order valence-electron chi connectivity index (χ4n) is 1.56. The Labute approximate surface area is 143 Å². The molecular formula is C21H34O2. The van der Waals surface area contributed by atoms with Gasteiger partial charge in [0, 0.05) is 0 Å². The lowest BCUT2D eigenvalue weighted by Gasteiger charge is -1.89. The minimum Gasteiger partial charge on any atom is -0.454 e. The molecule has 0 aromatic heterocycles. The van der Waals surface area contributed by atoms with Crippen LogP contribution < -0.4 is 9.47 Å². The van der Waals surface area contributed by atoms with Crippen molar-refractivity contribution in [2.75, 3.05) is 6.79 Å². The van der Waals surface area contributed by atoms with Gasteiger partial charge in [-0.05, 0) is 24.1 Å². The lowest BCUT2D eigenvalue weighted by molar-refractivity contribution is 0.174. The van der Waals surface area contributed by atoms with E-state index in [1.165, 1.54) is 5.56 Å². The Morgan fingerprint density at radius 2 is 1.04 bits per heavy atom. The van der Waals surface area contributed by atoms with E-state index in [0.29, 0.717) is 6.79 Å². The van der Waals surface area contributed by atoms with Gasteiger partial charge in [0.25, 0.3) is 0 Å². The van der Waals surface area contributed by atoms with Crippen molar-refractivity contribution in [3.8, 4) is 11.5 Å². The predicted octanol–water partition coefficient (Wildman–Crippen LogP) is 6.74. The van der Waals surface area contributed by atoms with Crippen LogP contribution in [0.25, 0.3) is 0 Å². The molecule has 0 unspecified atom stereocenters. The SMILES string of the molecule is CC.CC.CC.CCc1ccccc1.c1ccc2c(c1)OCO2. The van der Waals surface area contributed by atoms with Crippen LogP contribution in [0.2, 0.25) is 0 Å². The first-order chi connectivity index (χ1) is 11.4. The maximum Gasteiger partial charge on any atom is 0.231 e. The summed E-state index contributed by atoms with van der Waals surface area (Å²) in [5.41, 5.74) is 1.41. The molecule has 130 valence electrons. The van der Waals surface area contributed by atoms with Crippen molar-refractivity contribution in [1.29, 1.82) is 0 Å². The second-order valence-corrected chi connectivity index (χ2v) is 3.69. The molecule has 0 radical (unpaired) electrons. The smallest absolute Gasteiger partial charge is 0.231 e. The van der Waals surface area contributed by atoms with Gasteiger partial charge in [0.1, 0.15) is 0 Å². The van der Waals surface area contributed by atoms with E-state index in [1.807, 2.05) is 71.9 Å². The minimum atomic E-state index is 0.360. The third-order valence-electron chi connectivity index (χ3n) is 2.53. The number of hydrogen-bond acceptors (Lipinski definition) is 2. The van der Waals surface area contributed by atoms with Gasteiger partial charge < -0.3 is 9.47 Å². The van der Waals surface area contributed by atoms with Gasteiger partial charge in [0.05, 0.1) is 0 Å². The van der Waals surface area contributed by atoms with E-state index in [1.54, 1.807) is 0 Å². The van der Waals surface area contributed by atoms with Gasteiger partial charge in [-0.25, -0.2) is 0 Å². The Hall–Kier alpha value is -1.96. The van der Waals surface area contributed by atoms with E-state index in [2.05, 4.69) is 31.2 Å². The van der Waals surface area contributed by atoms with Crippen LogP contribution in [-0.4, -0.2) is 6.79 Å². The summed E-state index contributed by atoms with van der Waals surface area (Å²) < 4.78 is 10.2. The average Bonchev–Trinajstić information content (AvgIpc) is 3.16. The predicted molar refractivity (Wildman–Crippen MR) is 102 cm³/mol. The van der Waals surface area contributed by atoms with E-state index < -0.39 is 0 Å². The van der Waals surface area contributed by atoms with Crippen LogP contribution >= 0.6 is 0 Å². The van der Waals surface area contributed by atoms with Gasteiger partial charge in [-0.3, -0.25) is 0 Å². The van der Waals surface area contributed by atoms with Crippen molar-refractivity contribution in [3.05, 3.63) is 60.2 Å². The Balaban J connectivity index is 0. The molecule has 23 heavy (non-hydrogen) atoms. The molecule has 0 saturated carbocycles. The number of hydrogen-bond donors (Lipinski definition) is 0. The highest BCUT2D eigenvalue weighted by Gasteiger charge is 2.09. The summed E-state index contributed by atoms with van der Waals surface area (Å²) in [5, 5.41) is 0. The van der Waals surface area contributed by atoms with E-state index in [-0.39, 0.29) is 0 Å². The first kappa shape index (κ1) is 23.3. The summed E-state index contributed by atoms with van der Waals surface area (Å²) in [6, 6.07) is 18.1. The second kappa shape index (κ2) is 18.1. The topological polar surface area (TPSA) is 18.5 Å². The number of ether oxygens (including phenoxy) is 2. The summed E-state index contributed by atoms with van der Waals surface area (Å²) in [6.45, 7) is 14.5.